The standard InChI is InChI=1S/C28H40FNO3/c1-8-30-21(3)17-23(16-20(2)13-14-27(4,5)19-26(30)32)24-18-22(10-9-15-31)11-12-25(24)33-28(6,7)29/h11-13,15,17-18,21H,8-10,14,16,19H2,1-7H3/b20-13-,23-17+. The van der Waals surface area contributed by atoms with Crippen LogP contribution in [-0.4, -0.2) is 35.5 Å². The molecule has 0 saturated heterocycles. The summed E-state index contributed by atoms with van der Waals surface area (Å²) < 4.78 is 20.2. The lowest BCUT2D eigenvalue weighted by molar-refractivity contribution is -0.134. The van der Waals surface area contributed by atoms with E-state index in [1.165, 1.54) is 19.4 Å². The van der Waals surface area contributed by atoms with Gasteiger partial charge in [-0.15, -0.1) is 0 Å². The highest BCUT2D eigenvalue weighted by atomic mass is 19.2. The number of amides is 1. The van der Waals surface area contributed by atoms with Gasteiger partial charge in [0.05, 0.1) is 0 Å². The van der Waals surface area contributed by atoms with Gasteiger partial charge in [-0.2, -0.15) is 4.39 Å². The molecule has 4 nitrogen and oxygen atoms in total. The van der Waals surface area contributed by atoms with Gasteiger partial charge in [0.1, 0.15) is 12.0 Å². The van der Waals surface area contributed by atoms with Crippen LogP contribution in [0.5, 0.6) is 5.75 Å². The molecule has 0 aliphatic carbocycles. The molecule has 1 atom stereocenters. The monoisotopic (exact) mass is 457 g/mol. The lowest BCUT2D eigenvalue weighted by Crippen LogP contribution is -2.39. The molecule has 2 rings (SSSR count). The first-order valence-corrected chi connectivity index (χ1v) is 12.0. The molecule has 1 amide bonds. The molecule has 1 aliphatic rings. The number of hydrogen-bond donors (Lipinski definition) is 0. The number of nitrogens with zero attached hydrogens (tertiary/aromatic N) is 1. The number of hydrogen-bond acceptors (Lipinski definition) is 3. The second-order valence-electron chi connectivity index (χ2n) is 10.4. The van der Waals surface area contributed by atoms with Gasteiger partial charge in [0.25, 0.3) is 0 Å². The molecule has 33 heavy (non-hydrogen) atoms. The van der Waals surface area contributed by atoms with Gasteiger partial charge in [-0.3, -0.25) is 4.79 Å². The van der Waals surface area contributed by atoms with Crippen molar-refractivity contribution in [3.8, 4) is 5.75 Å². The summed E-state index contributed by atoms with van der Waals surface area (Å²) in [6, 6.07) is 5.55. The Balaban J connectivity index is 2.65. The molecule has 0 aromatic heterocycles. The number of rotatable bonds is 7. The molecule has 182 valence electrons. The van der Waals surface area contributed by atoms with Crippen molar-refractivity contribution in [1.29, 1.82) is 0 Å². The summed E-state index contributed by atoms with van der Waals surface area (Å²) in [6.07, 6.45) is 8.23. The number of carbonyl (C=O) groups is 2. The number of halogens is 1. The summed E-state index contributed by atoms with van der Waals surface area (Å²) in [7, 11) is 0. The van der Waals surface area contributed by atoms with E-state index >= 15 is 0 Å². The molecular weight excluding hydrogens is 417 g/mol. The maximum Gasteiger partial charge on any atom is 0.242 e. The van der Waals surface area contributed by atoms with Gasteiger partial charge in [-0.05, 0) is 68.7 Å². The number of aryl methyl sites for hydroxylation is 1. The van der Waals surface area contributed by atoms with Crippen LogP contribution in [-0.2, 0) is 16.0 Å². The molecule has 0 saturated carbocycles. The summed E-state index contributed by atoms with van der Waals surface area (Å²) in [4.78, 5) is 25.9. The van der Waals surface area contributed by atoms with Crippen LogP contribution < -0.4 is 4.74 Å². The topological polar surface area (TPSA) is 46.6 Å². The summed E-state index contributed by atoms with van der Waals surface area (Å²) >= 11 is 0. The molecule has 0 bridgehead atoms. The Hall–Kier alpha value is -2.43. The quantitative estimate of drug-likeness (QED) is 0.339. The normalized spacial score (nSPS) is 23.1. The number of allylic oxidation sites excluding steroid dienone is 3. The van der Waals surface area contributed by atoms with Crippen LogP contribution in [0.4, 0.5) is 4.39 Å². The smallest absolute Gasteiger partial charge is 0.242 e. The summed E-state index contributed by atoms with van der Waals surface area (Å²) in [6.45, 7) is 13.8. The Kier molecular flexibility index (Phi) is 9.04. The van der Waals surface area contributed by atoms with Crippen molar-refractivity contribution in [3.63, 3.8) is 0 Å². The molecule has 1 aromatic carbocycles. The fraction of sp³-hybridized carbons (Fsp3) is 0.571. The van der Waals surface area contributed by atoms with Crippen molar-refractivity contribution in [2.24, 2.45) is 5.41 Å². The largest absolute Gasteiger partial charge is 0.458 e. The second-order valence-corrected chi connectivity index (χ2v) is 10.4. The fourth-order valence-corrected chi connectivity index (χ4v) is 4.28. The Labute approximate surface area is 198 Å². The Morgan fingerprint density at radius 1 is 1.30 bits per heavy atom. The number of alkyl halides is 1. The summed E-state index contributed by atoms with van der Waals surface area (Å²) in [5.41, 5.74) is 3.87. The maximum atomic E-state index is 14.5. The molecule has 0 radical (unpaired) electrons. The fourth-order valence-electron chi connectivity index (χ4n) is 4.28. The lowest BCUT2D eigenvalue weighted by Gasteiger charge is -2.31. The SMILES string of the molecule is CCN1C(=O)CC(C)(C)C/C=C(/C)C/C(c2cc(CCC=O)ccc2OC(C)(C)F)=C\C1C. The molecule has 0 N–H and O–H groups in total. The Bertz CT molecular complexity index is 908. The van der Waals surface area contributed by atoms with Gasteiger partial charge in [0.2, 0.25) is 11.8 Å². The van der Waals surface area contributed by atoms with Gasteiger partial charge < -0.3 is 14.4 Å². The first kappa shape index (κ1) is 26.8. The van der Waals surface area contributed by atoms with E-state index in [0.717, 1.165) is 29.4 Å². The Morgan fingerprint density at radius 2 is 2.00 bits per heavy atom. The van der Waals surface area contributed by atoms with Crippen molar-refractivity contribution in [2.45, 2.75) is 92.5 Å². The minimum absolute atomic E-state index is 0.121. The average Bonchev–Trinajstić information content (AvgIpc) is 2.71. The van der Waals surface area contributed by atoms with Crippen LogP contribution in [0.15, 0.2) is 35.9 Å². The van der Waals surface area contributed by atoms with E-state index in [1.807, 2.05) is 30.9 Å². The Morgan fingerprint density at radius 3 is 2.61 bits per heavy atom. The van der Waals surface area contributed by atoms with Crippen molar-refractivity contribution >= 4 is 17.8 Å². The van der Waals surface area contributed by atoms with Crippen LogP contribution in [0.25, 0.3) is 5.57 Å². The van der Waals surface area contributed by atoms with E-state index in [2.05, 4.69) is 32.9 Å². The second kappa shape index (κ2) is 11.1. The van der Waals surface area contributed by atoms with E-state index in [0.29, 0.717) is 38.0 Å². The van der Waals surface area contributed by atoms with Crippen LogP contribution in [0.3, 0.4) is 0 Å². The molecular formula is C28H40FNO3. The maximum absolute atomic E-state index is 14.5. The van der Waals surface area contributed by atoms with Gasteiger partial charge >= 0.3 is 0 Å². The van der Waals surface area contributed by atoms with Crippen molar-refractivity contribution in [3.05, 3.63) is 47.1 Å². The zero-order valence-electron chi connectivity index (χ0n) is 21.3. The van der Waals surface area contributed by atoms with Crippen molar-refractivity contribution in [2.75, 3.05) is 6.54 Å². The van der Waals surface area contributed by atoms with E-state index in [4.69, 9.17) is 4.74 Å². The first-order chi connectivity index (χ1) is 15.3. The summed E-state index contributed by atoms with van der Waals surface area (Å²) in [5.74, 6) is -1.23. The number of ether oxygens (including phenoxy) is 1. The van der Waals surface area contributed by atoms with Gasteiger partial charge in [0.15, 0.2) is 0 Å². The van der Waals surface area contributed by atoms with Crippen LogP contribution in [0.2, 0.25) is 0 Å². The predicted molar refractivity (Wildman–Crippen MR) is 133 cm³/mol. The van der Waals surface area contributed by atoms with Crippen molar-refractivity contribution < 1.29 is 18.7 Å². The average molecular weight is 458 g/mol. The lowest BCUT2D eigenvalue weighted by atomic mass is 9.84. The predicted octanol–water partition coefficient (Wildman–Crippen LogP) is 6.68. The van der Waals surface area contributed by atoms with E-state index in [-0.39, 0.29) is 17.4 Å². The van der Waals surface area contributed by atoms with Gasteiger partial charge in [0, 0.05) is 44.8 Å². The highest BCUT2D eigenvalue weighted by Gasteiger charge is 2.28. The minimum atomic E-state index is -1.83. The molecule has 0 spiro atoms. The zero-order valence-corrected chi connectivity index (χ0v) is 21.3. The number of aldehydes is 1. The van der Waals surface area contributed by atoms with Crippen LogP contribution in [0.1, 0.15) is 85.3 Å². The van der Waals surface area contributed by atoms with Crippen molar-refractivity contribution in [1.82, 2.24) is 4.90 Å². The number of likely N-dealkylation sites (N-methyl/N-ethyl adjacent to an activating group) is 1. The summed E-state index contributed by atoms with van der Waals surface area (Å²) in [5, 5.41) is 0. The van der Waals surface area contributed by atoms with Crippen LogP contribution in [0, 0.1) is 5.41 Å². The van der Waals surface area contributed by atoms with E-state index < -0.39 is 5.85 Å². The molecule has 1 aromatic rings. The number of benzene rings is 1. The zero-order chi connectivity index (χ0) is 24.8. The van der Waals surface area contributed by atoms with E-state index in [9.17, 15) is 14.0 Å². The highest BCUT2D eigenvalue weighted by molar-refractivity contribution is 5.79. The molecule has 5 heteroatoms. The first-order valence-electron chi connectivity index (χ1n) is 12.0. The van der Waals surface area contributed by atoms with Gasteiger partial charge in [-0.1, -0.05) is 37.6 Å². The van der Waals surface area contributed by atoms with E-state index in [1.54, 1.807) is 6.07 Å². The molecule has 1 heterocycles. The van der Waals surface area contributed by atoms with Gasteiger partial charge in [-0.25, -0.2) is 0 Å². The third kappa shape index (κ3) is 8.13. The minimum Gasteiger partial charge on any atom is -0.458 e. The number of carbonyl (C=O) groups excluding carboxylic acids is 2. The van der Waals surface area contributed by atoms with Crippen LogP contribution >= 0.6 is 0 Å². The molecule has 0 fully saturated rings. The highest BCUT2D eigenvalue weighted by Crippen LogP contribution is 2.36. The third-order valence-corrected chi connectivity index (χ3v) is 5.99. The molecule has 1 aliphatic heterocycles. The molecule has 1 unspecified atom stereocenters. The third-order valence-electron chi connectivity index (χ3n) is 5.99.